The molecular formula is C22H25N3O7S. The number of hydrogen-bond donors (Lipinski definition) is 2. The number of morpholine rings is 1. The Morgan fingerprint density at radius 1 is 1.18 bits per heavy atom. The van der Waals surface area contributed by atoms with E-state index in [1.54, 1.807) is 31.2 Å². The number of rotatable bonds is 6. The summed E-state index contributed by atoms with van der Waals surface area (Å²) in [5.41, 5.74) is 0.867. The average Bonchev–Trinajstić information content (AvgIpc) is 3.29. The van der Waals surface area contributed by atoms with Crippen LogP contribution in [0.2, 0.25) is 0 Å². The maximum absolute atomic E-state index is 12.8. The van der Waals surface area contributed by atoms with Gasteiger partial charge in [-0.25, -0.2) is 13.2 Å². The van der Waals surface area contributed by atoms with Crippen molar-refractivity contribution in [2.45, 2.75) is 17.9 Å². The van der Waals surface area contributed by atoms with Gasteiger partial charge < -0.3 is 24.5 Å². The fourth-order valence-corrected chi connectivity index (χ4v) is 5.24. The van der Waals surface area contributed by atoms with Gasteiger partial charge in [-0.2, -0.15) is 4.31 Å². The van der Waals surface area contributed by atoms with Crippen LogP contribution in [0, 0.1) is 5.92 Å². The molecular weight excluding hydrogens is 450 g/mol. The lowest BCUT2D eigenvalue weighted by molar-refractivity contribution is -0.148. The van der Waals surface area contributed by atoms with Crippen molar-refractivity contribution in [2.75, 3.05) is 32.9 Å². The normalized spacial score (nSPS) is 21.8. The molecule has 33 heavy (non-hydrogen) atoms. The number of furan rings is 1. The number of urea groups is 1. The molecule has 0 unspecified atom stereocenters. The van der Waals surface area contributed by atoms with Crippen molar-refractivity contribution in [3.05, 3.63) is 54.4 Å². The van der Waals surface area contributed by atoms with Gasteiger partial charge in [-0.1, -0.05) is 6.58 Å². The quantitative estimate of drug-likeness (QED) is 0.612. The highest BCUT2D eigenvalue weighted by Crippen LogP contribution is 2.34. The summed E-state index contributed by atoms with van der Waals surface area (Å²) in [5.74, 6) is -0.580. The molecule has 4 rings (SSSR count). The third-order valence-electron chi connectivity index (χ3n) is 5.49. The number of sulfonamides is 1. The molecule has 2 N–H and O–H groups in total. The summed E-state index contributed by atoms with van der Waals surface area (Å²) in [6.07, 6.45) is 0. The Kier molecular flexibility index (Phi) is 6.54. The second kappa shape index (κ2) is 9.38. The zero-order chi connectivity index (χ0) is 23.6. The van der Waals surface area contributed by atoms with Crippen molar-refractivity contribution in [1.29, 1.82) is 0 Å². The van der Waals surface area contributed by atoms with Crippen LogP contribution >= 0.6 is 0 Å². The summed E-state index contributed by atoms with van der Waals surface area (Å²) in [6, 6.07) is 8.41. The summed E-state index contributed by atoms with van der Waals surface area (Å²) < 4.78 is 43.3. The minimum atomic E-state index is -3.60. The Hall–Kier alpha value is -3.15. The molecule has 0 bridgehead atoms. The standard InChI is InChI=1S/C22H25N3O7S/c1-3-31-21(26)19-14(2)23-22(27)24-20(19)18-9-8-17(32-18)15-4-6-16(7-5-15)33(28,29)25-10-12-30-13-11-25/h4-9,19-20H,2-3,10-13H2,1H3,(H2,23,24,27)/t19-,20+/m0/s1. The molecule has 1 aromatic carbocycles. The number of esters is 1. The van der Waals surface area contributed by atoms with E-state index in [-0.39, 0.29) is 17.2 Å². The van der Waals surface area contributed by atoms with Gasteiger partial charge >= 0.3 is 12.0 Å². The van der Waals surface area contributed by atoms with Gasteiger partial charge in [0.25, 0.3) is 0 Å². The molecule has 2 aliphatic heterocycles. The van der Waals surface area contributed by atoms with Crippen molar-refractivity contribution < 1.29 is 31.9 Å². The summed E-state index contributed by atoms with van der Waals surface area (Å²) in [5, 5.41) is 5.18. The second-order valence-corrected chi connectivity index (χ2v) is 9.51. The van der Waals surface area contributed by atoms with Gasteiger partial charge in [-0.15, -0.1) is 0 Å². The molecule has 2 atom stereocenters. The van der Waals surface area contributed by atoms with Crippen LogP contribution in [-0.4, -0.2) is 57.6 Å². The molecule has 0 radical (unpaired) electrons. The molecule has 3 heterocycles. The number of ether oxygens (including phenoxy) is 2. The number of nitrogens with zero attached hydrogens (tertiary/aromatic N) is 1. The van der Waals surface area contributed by atoms with E-state index in [2.05, 4.69) is 17.2 Å². The minimum Gasteiger partial charge on any atom is -0.465 e. The van der Waals surface area contributed by atoms with E-state index in [1.165, 1.54) is 16.4 Å². The van der Waals surface area contributed by atoms with Crippen molar-refractivity contribution in [3.8, 4) is 11.3 Å². The van der Waals surface area contributed by atoms with Crippen LogP contribution in [-0.2, 0) is 24.3 Å². The molecule has 2 fully saturated rings. The number of nitrogens with one attached hydrogen (secondary N) is 2. The van der Waals surface area contributed by atoms with Gasteiger partial charge in [0.1, 0.15) is 23.5 Å². The molecule has 0 spiro atoms. The summed E-state index contributed by atoms with van der Waals surface area (Å²) in [7, 11) is -3.60. The zero-order valence-corrected chi connectivity index (χ0v) is 18.9. The molecule has 0 saturated carbocycles. The number of carbonyl (C=O) groups excluding carboxylic acids is 2. The van der Waals surface area contributed by atoms with E-state index < -0.39 is 34.0 Å². The van der Waals surface area contributed by atoms with Gasteiger partial charge in [-0.05, 0) is 43.3 Å². The van der Waals surface area contributed by atoms with Crippen LogP contribution < -0.4 is 10.6 Å². The zero-order valence-electron chi connectivity index (χ0n) is 18.1. The maximum atomic E-state index is 12.8. The first kappa shape index (κ1) is 23.0. The van der Waals surface area contributed by atoms with Crippen LogP contribution in [0.25, 0.3) is 11.3 Å². The predicted molar refractivity (Wildman–Crippen MR) is 117 cm³/mol. The van der Waals surface area contributed by atoms with Gasteiger partial charge in [0, 0.05) is 24.4 Å². The smallest absolute Gasteiger partial charge is 0.319 e. The highest BCUT2D eigenvalue weighted by Gasteiger charge is 2.40. The van der Waals surface area contributed by atoms with E-state index in [4.69, 9.17) is 13.9 Å². The van der Waals surface area contributed by atoms with Gasteiger partial charge in [0.15, 0.2) is 0 Å². The van der Waals surface area contributed by atoms with Crippen LogP contribution in [0.5, 0.6) is 0 Å². The minimum absolute atomic E-state index is 0.184. The highest BCUT2D eigenvalue weighted by atomic mass is 32.2. The number of carbonyl (C=O) groups is 2. The monoisotopic (exact) mass is 475 g/mol. The number of hydrogen-bond acceptors (Lipinski definition) is 7. The molecule has 2 saturated heterocycles. The first-order valence-electron chi connectivity index (χ1n) is 10.5. The van der Waals surface area contributed by atoms with E-state index in [1.807, 2.05) is 0 Å². The average molecular weight is 476 g/mol. The van der Waals surface area contributed by atoms with E-state index in [0.29, 0.717) is 43.4 Å². The summed E-state index contributed by atoms with van der Waals surface area (Å²) in [4.78, 5) is 24.6. The van der Waals surface area contributed by atoms with Crippen molar-refractivity contribution in [3.63, 3.8) is 0 Å². The van der Waals surface area contributed by atoms with Crippen LogP contribution in [0.15, 0.2) is 58.0 Å². The Morgan fingerprint density at radius 2 is 1.88 bits per heavy atom. The first-order chi connectivity index (χ1) is 15.8. The molecule has 2 amide bonds. The maximum Gasteiger partial charge on any atom is 0.319 e. The van der Waals surface area contributed by atoms with Crippen molar-refractivity contribution in [2.24, 2.45) is 5.92 Å². The molecule has 0 aliphatic carbocycles. The van der Waals surface area contributed by atoms with Gasteiger partial charge in [0.05, 0.1) is 24.7 Å². The summed E-state index contributed by atoms with van der Waals surface area (Å²) >= 11 is 0. The largest absolute Gasteiger partial charge is 0.465 e. The molecule has 10 nitrogen and oxygen atoms in total. The Bertz CT molecular complexity index is 1150. The Morgan fingerprint density at radius 3 is 2.55 bits per heavy atom. The SMILES string of the molecule is C=C1NC(=O)N[C@H](c2ccc(-c3ccc(S(=O)(=O)N4CCOCC4)cc3)o2)[C@H]1C(=O)OCC. The molecule has 11 heteroatoms. The van der Waals surface area contributed by atoms with E-state index in [9.17, 15) is 18.0 Å². The molecule has 2 aromatic rings. The fraction of sp³-hybridized carbons (Fsp3) is 0.364. The van der Waals surface area contributed by atoms with Crippen molar-refractivity contribution in [1.82, 2.24) is 14.9 Å². The molecule has 1 aromatic heterocycles. The summed E-state index contributed by atoms with van der Waals surface area (Å²) in [6.45, 7) is 7.05. The van der Waals surface area contributed by atoms with E-state index in [0.717, 1.165) is 0 Å². The second-order valence-electron chi connectivity index (χ2n) is 7.57. The highest BCUT2D eigenvalue weighted by molar-refractivity contribution is 7.89. The Balaban J connectivity index is 1.57. The topological polar surface area (TPSA) is 127 Å². The molecule has 176 valence electrons. The Labute approximate surface area is 191 Å². The number of benzene rings is 1. The van der Waals surface area contributed by atoms with Crippen LogP contribution in [0.4, 0.5) is 4.79 Å². The number of amides is 2. The third-order valence-corrected chi connectivity index (χ3v) is 7.40. The lowest BCUT2D eigenvalue weighted by Crippen LogP contribution is -2.51. The van der Waals surface area contributed by atoms with Crippen LogP contribution in [0.3, 0.4) is 0 Å². The van der Waals surface area contributed by atoms with Gasteiger partial charge in [-0.3, -0.25) is 4.79 Å². The predicted octanol–water partition coefficient (Wildman–Crippen LogP) is 2.01. The van der Waals surface area contributed by atoms with E-state index >= 15 is 0 Å². The fourth-order valence-electron chi connectivity index (χ4n) is 3.83. The lowest BCUT2D eigenvalue weighted by Gasteiger charge is -2.31. The molecule has 2 aliphatic rings. The first-order valence-corrected chi connectivity index (χ1v) is 12.0. The third kappa shape index (κ3) is 4.65. The van der Waals surface area contributed by atoms with Gasteiger partial charge in [0.2, 0.25) is 10.0 Å². The van der Waals surface area contributed by atoms with Crippen LogP contribution in [0.1, 0.15) is 18.7 Å². The van der Waals surface area contributed by atoms with Crippen molar-refractivity contribution >= 4 is 22.0 Å². The lowest BCUT2D eigenvalue weighted by atomic mass is 9.93.